The molecule has 2 aromatic heterocycles. The van der Waals surface area contributed by atoms with Crippen molar-refractivity contribution in [1.29, 1.82) is 0 Å². The molecule has 0 spiro atoms. The number of rotatable bonds is 4. The van der Waals surface area contributed by atoms with Crippen LogP contribution in [-0.4, -0.2) is 33.4 Å². The normalized spacial score (nSPS) is 11.7. The van der Waals surface area contributed by atoms with Gasteiger partial charge in [-0.15, -0.1) is 0 Å². The molecule has 0 bridgehead atoms. The Bertz CT molecular complexity index is 644. The molecule has 0 saturated carbocycles. The van der Waals surface area contributed by atoms with Crippen molar-refractivity contribution < 1.29 is 12.6 Å². The number of aromatic nitrogens is 5. The van der Waals surface area contributed by atoms with Crippen LogP contribution in [0.4, 0.5) is 0 Å². The highest BCUT2D eigenvalue weighted by Crippen LogP contribution is 2.25. The van der Waals surface area contributed by atoms with Crippen LogP contribution in [0.2, 0.25) is 0 Å². The van der Waals surface area contributed by atoms with Crippen LogP contribution in [-0.2, 0) is 16.7 Å². The molecular weight excluding hydrogens is 258 g/mol. The molecule has 8 nitrogen and oxygen atoms in total. The van der Waals surface area contributed by atoms with Crippen LogP contribution in [0, 0.1) is 13.8 Å². The molecule has 9 heteroatoms. The maximum absolute atomic E-state index is 11.9. The van der Waals surface area contributed by atoms with Crippen molar-refractivity contribution in [1.82, 2.24) is 25.0 Å². The average molecular weight is 271 g/mol. The number of aromatic amines is 1. The molecule has 0 saturated heterocycles. The molecule has 0 atom stereocenters. The third-order valence-corrected chi connectivity index (χ3v) is 3.49. The summed E-state index contributed by atoms with van der Waals surface area (Å²) in [5.74, 6) is 0.230. The number of hydrogen-bond acceptors (Lipinski definition) is 6. The summed E-state index contributed by atoms with van der Waals surface area (Å²) in [7, 11) is -3.99. The molecule has 1 N–H and O–H groups in total. The summed E-state index contributed by atoms with van der Waals surface area (Å²) in [4.78, 5) is 3.56. The highest BCUT2D eigenvalue weighted by Gasteiger charge is 2.24. The lowest BCUT2D eigenvalue weighted by Gasteiger charge is -2.04. The summed E-state index contributed by atoms with van der Waals surface area (Å²) in [6.07, 6.45) is 1.10. The first-order chi connectivity index (χ1) is 8.45. The monoisotopic (exact) mass is 271 g/mol. The van der Waals surface area contributed by atoms with Gasteiger partial charge in [0.25, 0.3) is 5.16 Å². The predicted octanol–water partition coefficient (Wildman–Crippen LogP) is 0.406. The molecule has 0 radical (unpaired) electrons. The first-order valence-electron chi connectivity index (χ1n) is 5.29. The minimum absolute atomic E-state index is 0.230. The van der Waals surface area contributed by atoms with E-state index in [0.29, 0.717) is 17.9 Å². The zero-order chi connectivity index (χ0) is 13.3. The van der Waals surface area contributed by atoms with E-state index in [1.807, 2.05) is 6.92 Å². The standard InChI is InChI=1S/C9H13N5O3S/c1-4-14-7(3)8(6(2)13-14)17-18(15,16)9-10-5-11-12-9/h5H,4H2,1-3H3,(H,10,11,12). The van der Waals surface area contributed by atoms with Crippen molar-refractivity contribution >= 4 is 10.1 Å². The van der Waals surface area contributed by atoms with Gasteiger partial charge >= 0.3 is 10.1 Å². The second kappa shape index (κ2) is 4.41. The van der Waals surface area contributed by atoms with E-state index >= 15 is 0 Å². The lowest BCUT2D eigenvalue weighted by atomic mass is 10.3. The highest BCUT2D eigenvalue weighted by molar-refractivity contribution is 7.86. The van der Waals surface area contributed by atoms with Crippen molar-refractivity contribution in [2.75, 3.05) is 0 Å². The van der Waals surface area contributed by atoms with Gasteiger partial charge in [0.1, 0.15) is 12.0 Å². The minimum Gasteiger partial charge on any atom is -0.373 e. The summed E-state index contributed by atoms with van der Waals surface area (Å²) in [5.41, 5.74) is 1.16. The molecule has 0 amide bonds. The molecule has 0 aliphatic carbocycles. The topological polar surface area (TPSA) is 103 Å². The minimum atomic E-state index is -3.99. The Balaban J connectivity index is 2.38. The van der Waals surface area contributed by atoms with Crippen LogP contribution in [0.15, 0.2) is 11.5 Å². The van der Waals surface area contributed by atoms with Gasteiger partial charge in [-0.3, -0.25) is 4.68 Å². The lowest BCUT2D eigenvalue weighted by molar-refractivity contribution is 0.473. The van der Waals surface area contributed by atoms with Crippen molar-refractivity contribution in [3.05, 3.63) is 17.7 Å². The molecule has 2 rings (SSSR count). The van der Waals surface area contributed by atoms with Crippen molar-refractivity contribution in [3.8, 4) is 5.75 Å². The molecule has 0 fully saturated rings. The van der Waals surface area contributed by atoms with E-state index in [2.05, 4.69) is 20.3 Å². The van der Waals surface area contributed by atoms with Gasteiger partial charge in [0, 0.05) is 6.54 Å². The van der Waals surface area contributed by atoms with Crippen LogP contribution in [0.25, 0.3) is 0 Å². The Hall–Kier alpha value is -1.90. The zero-order valence-corrected chi connectivity index (χ0v) is 11.0. The molecule has 2 heterocycles. The zero-order valence-electron chi connectivity index (χ0n) is 10.2. The van der Waals surface area contributed by atoms with Gasteiger partial charge in [0.2, 0.25) is 0 Å². The van der Waals surface area contributed by atoms with Crippen molar-refractivity contribution in [2.45, 2.75) is 32.5 Å². The van der Waals surface area contributed by atoms with Gasteiger partial charge in [-0.1, -0.05) is 0 Å². The van der Waals surface area contributed by atoms with E-state index in [1.54, 1.807) is 18.5 Å². The fraction of sp³-hybridized carbons (Fsp3) is 0.444. The Morgan fingerprint density at radius 1 is 1.44 bits per heavy atom. The van der Waals surface area contributed by atoms with Gasteiger partial charge in [-0.25, -0.2) is 10.1 Å². The summed E-state index contributed by atoms with van der Waals surface area (Å²) >= 11 is 0. The van der Waals surface area contributed by atoms with Crippen LogP contribution in [0.5, 0.6) is 5.75 Å². The van der Waals surface area contributed by atoms with Gasteiger partial charge in [0.05, 0.1) is 5.69 Å². The Morgan fingerprint density at radius 2 is 2.17 bits per heavy atom. The smallest absolute Gasteiger partial charge is 0.373 e. The third kappa shape index (κ3) is 2.08. The molecule has 18 heavy (non-hydrogen) atoms. The summed E-state index contributed by atoms with van der Waals surface area (Å²) in [5, 5.41) is 9.58. The molecule has 0 aliphatic heterocycles. The quantitative estimate of drug-likeness (QED) is 0.808. The summed E-state index contributed by atoms with van der Waals surface area (Å²) < 4.78 is 30.5. The van der Waals surface area contributed by atoms with Crippen molar-refractivity contribution in [2.24, 2.45) is 0 Å². The van der Waals surface area contributed by atoms with E-state index in [1.165, 1.54) is 0 Å². The second-order valence-electron chi connectivity index (χ2n) is 3.64. The fourth-order valence-corrected chi connectivity index (χ4v) is 2.45. The first-order valence-corrected chi connectivity index (χ1v) is 6.70. The van der Waals surface area contributed by atoms with E-state index < -0.39 is 10.1 Å². The summed E-state index contributed by atoms with van der Waals surface area (Å²) in [6, 6.07) is 0. The Morgan fingerprint density at radius 3 is 2.67 bits per heavy atom. The van der Waals surface area contributed by atoms with E-state index in [4.69, 9.17) is 4.18 Å². The number of aryl methyl sites for hydroxylation is 2. The molecule has 2 aromatic rings. The van der Waals surface area contributed by atoms with Crippen LogP contribution in [0.1, 0.15) is 18.3 Å². The molecular formula is C9H13N5O3S. The molecule has 98 valence electrons. The Kier molecular flexibility index (Phi) is 3.07. The molecule has 0 aromatic carbocycles. The fourth-order valence-electron chi connectivity index (χ4n) is 1.57. The molecule has 0 aliphatic rings. The first kappa shape index (κ1) is 12.6. The van der Waals surface area contributed by atoms with E-state index in [-0.39, 0.29) is 10.9 Å². The number of H-pyrrole nitrogens is 1. The maximum atomic E-state index is 11.9. The van der Waals surface area contributed by atoms with Crippen molar-refractivity contribution in [3.63, 3.8) is 0 Å². The van der Waals surface area contributed by atoms with Crippen LogP contribution in [0.3, 0.4) is 0 Å². The van der Waals surface area contributed by atoms with Gasteiger partial charge < -0.3 is 4.18 Å². The third-order valence-electron chi connectivity index (χ3n) is 2.44. The molecule has 0 unspecified atom stereocenters. The van der Waals surface area contributed by atoms with E-state index in [0.717, 1.165) is 6.33 Å². The van der Waals surface area contributed by atoms with E-state index in [9.17, 15) is 8.42 Å². The average Bonchev–Trinajstić information content (AvgIpc) is 2.93. The van der Waals surface area contributed by atoms with Crippen LogP contribution >= 0.6 is 0 Å². The number of nitrogens with one attached hydrogen (secondary N) is 1. The highest BCUT2D eigenvalue weighted by atomic mass is 32.2. The number of hydrogen-bond donors (Lipinski definition) is 1. The lowest BCUT2D eigenvalue weighted by Crippen LogP contribution is -2.12. The van der Waals surface area contributed by atoms with Gasteiger partial charge in [0.15, 0.2) is 5.75 Å². The van der Waals surface area contributed by atoms with Gasteiger partial charge in [-0.2, -0.15) is 18.6 Å². The number of nitrogens with zero attached hydrogens (tertiary/aromatic N) is 4. The maximum Gasteiger partial charge on any atom is 0.375 e. The Labute approximate surface area is 104 Å². The predicted molar refractivity (Wildman–Crippen MR) is 61.6 cm³/mol. The largest absolute Gasteiger partial charge is 0.375 e. The second-order valence-corrected chi connectivity index (χ2v) is 5.11. The summed E-state index contributed by atoms with van der Waals surface area (Å²) in [6.45, 7) is 5.98. The van der Waals surface area contributed by atoms with Crippen LogP contribution < -0.4 is 4.18 Å². The van der Waals surface area contributed by atoms with Gasteiger partial charge in [-0.05, 0) is 20.8 Å². The SMILES string of the molecule is CCn1nc(C)c(OS(=O)(=O)c2ncn[nH]2)c1C.